The smallest absolute Gasteiger partial charge is 0.264 e. The summed E-state index contributed by atoms with van der Waals surface area (Å²) in [4.78, 5) is 26.1. The normalized spacial score (nSPS) is 52.3. The van der Waals surface area contributed by atoms with Crippen LogP contribution in [0.4, 0.5) is 0 Å². The Bertz CT molecular complexity index is 1130. The second kappa shape index (κ2) is 7.49. The van der Waals surface area contributed by atoms with Crippen LogP contribution in [0.1, 0.15) is 73.6 Å². The average Bonchev–Trinajstić information content (AvgIpc) is 2.85. The minimum absolute atomic E-state index is 0.0126. The van der Waals surface area contributed by atoms with Crippen LogP contribution in [0.15, 0.2) is 34.9 Å². The van der Waals surface area contributed by atoms with Gasteiger partial charge >= 0.3 is 0 Å². The van der Waals surface area contributed by atoms with Crippen LogP contribution in [-0.4, -0.2) is 53.5 Å². The summed E-state index contributed by atoms with van der Waals surface area (Å²) < 4.78 is 11.2. The Morgan fingerprint density at radius 1 is 0.917 bits per heavy atom. The van der Waals surface area contributed by atoms with Crippen molar-refractivity contribution in [2.45, 2.75) is 91.1 Å². The molecule has 198 valence electrons. The third kappa shape index (κ3) is 2.67. The van der Waals surface area contributed by atoms with Crippen LogP contribution >= 0.6 is 0 Å². The molecule has 0 spiro atoms. The molecule has 0 radical (unpaired) electrons. The number of ketones is 2. The molecule has 0 saturated heterocycles. The Kier molecular flexibility index (Phi) is 5.42. The van der Waals surface area contributed by atoms with E-state index in [0.717, 1.165) is 43.3 Å². The summed E-state index contributed by atoms with van der Waals surface area (Å²) in [6.07, 6.45) is 9.06. The van der Waals surface area contributed by atoms with Crippen molar-refractivity contribution in [3.05, 3.63) is 34.9 Å². The van der Waals surface area contributed by atoms with Gasteiger partial charge in [0.25, 0.3) is 5.79 Å². The molecular weight excluding hydrogens is 456 g/mol. The van der Waals surface area contributed by atoms with Gasteiger partial charge in [-0.05, 0) is 73.0 Å². The molecule has 5 rings (SSSR count). The van der Waals surface area contributed by atoms with Gasteiger partial charge in [-0.3, -0.25) is 9.59 Å². The molecule has 6 nitrogen and oxygen atoms in total. The van der Waals surface area contributed by atoms with Crippen LogP contribution in [0.3, 0.4) is 0 Å². The fourth-order valence-corrected chi connectivity index (χ4v) is 9.20. The zero-order valence-electron chi connectivity index (χ0n) is 23.0. The maximum absolute atomic E-state index is 13.3. The molecule has 5 aliphatic rings. The Morgan fingerprint density at radius 2 is 1.58 bits per heavy atom. The quantitative estimate of drug-likeness (QED) is 0.552. The van der Waals surface area contributed by atoms with E-state index in [-0.39, 0.29) is 28.4 Å². The highest BCUT2D eigenvalue weighted by Crippen LogP contribution is 2.74. The van der Waals surface area contributed by atoms with Gasteiger partial charge in [0.05, 0.1) is 0 Å². The summed E-state index contributed by atoms with van der Waals surface area (Å²) in [5, 5.41) is 22.4. The van der Waals surface area contributed by atoms with Gasteiger partial charge in [-0.2, -0.15) is 0 Å². The second-order valence-electron chi connectivity index (χ2n) is 13.3. The molecule has 36 heavy (non-hydrogen) atoms. The van der Waals surface area contributed by atoms with Crippen molar-refractivity contribution in [3.63, 3.8) is 0 Å². The predicted octanol–water partition coefficient (Wildman–Crippen LogP) is 4.30. The van der Waals surface area contributed by atoms with E-state index < -0.39 is 34.1 Å². The molecule has 0 amide bonds. The van der Waals surface area contributed by atoms with Crippen LogP contribution in [0.5, 0.6) is 0 Å². The third-order valence-electron chi connectivity index (χ3n) is 12.1. The Hall–Kier alpha value is -1.60. The number of ether oxygens (including phenoxy) is 2. The summed E-state index contributed by atoms with van der Waals surface area (Å²) in [6, 6.07) is 0. The van der Waals surface area contributed by atoms with Crippen LogP contribution in [0.2, 0.25) is 0 Å². The first kappa shape index (κ1) is 26.0. The maximum atomic E-state index is 13.3. The summed E-state index contributed by atoms with van der Waals surface area (Å²) in [7, 11) is 2.83. The summed E-state index contributed by atoms with van der Waals surface area (Å²) >= 11 is 0. The lowest BCUT2D eigenvalue weighted by molar-refractivity contribution is -0.260. The second-order valence-corrected chi connectivity index (χ2v) is 13.3. The van der Waals surface area contributed by atoms with E-state index in [9.17, 15) is 19.8 Å². The first-order chi connectivity index (χ1) is 16.6. The van der Waals surface area contributed by atoms with E-state index in [2.05, 4.69) is 33.8 Å². The summed E-state index contributed by atoms with van der Waals surface area (Å²) in [5.74, 6) is -2.54. The lowest BCUT2D eigenvalue weighted by Crippen LogP contribution is -2.67. The third-order valence-corrected chi connectivity index (χ3v) is 12.1. The van der Waals surface area contributed by atoms with Crippen molar-refractivity contribution in [3.8, 4) is 0 Å². The highest BCUT2D eigenvalue weighted by Gasteiger charge is 2.70. The largest absolute Gasteiger partial charge is 0.385 e. The zero-order valence-corrected chi connectivity index (χ0v) is 23.0. The molecule has 5 aliphatic carbocycles. The number of aliphatic hydroxyl groups excluding tert-OH is 1. The number of carbonyl (C=O) groups is 2. The van der Waals surface area contributed by atoms with Crippen molar-refractivity contribution >= 4 is 11.6 Å². The minimum atomic E-state index is -2.10. The molecule has 0 bridgehead atoms. The topological polar surface area (TPSA) is 93.1 Å². The Morgan fingerprint density at radius 3 is 2.19 bits per heavy atom. The van der Waals surface area contributed by atoms with Crippen LogP contribution in [0, 0.1) is 33.5 Å². The van der Waals surface area contributed by atoms with Crippen LogP contribution < -0.4 is 0 Å². The molecular formula is C30H42O6. The van der Waals surface area contributed by atoms with E-state index in [1.807, 2.05) is 13.0 Å². The number of allylic oxidation sites excluding steroid dienone is 3. The highest BCUT2D eigenvalue weighted by atomic mass is 16.7. The molecule has 0 aliphatic heterocycles. The van der Waals surface area contributed by atoms with Crippen molar-refractivity contribution in [1.29, 1.82) is 0 Å². The van der Waals surface area contributed by atoms with E-state index >= 15 is 0 Å². The van der Waals surface area contributed by atoms with E-state index in [4.69, 9.17) is 9.47 Å². The van der Waals surface area contributed by atoms with E-state index in [1.54, 1.807) is 13.0 Å². The van der Waals surface area contributed by atoms with E-state index in [1.165, 1.54) is 19.8 Å². The number of hydrogen-bond donors (Lipinski definition) is 2. The number of carbonyl (C=O) groups excluding carboxylic acids is 2. The molecule has 0 heterocycles. The molecule has 0 aromatic heterocycles. The number of rotatable bonds is 2. The van der Waals surface area contributed by atoms with Gasteiger partial charge in [0.15, 0.2) is 11.4 Å². The molecule has 3 saturated carbocycles. The number of Topliss-reactive ketones (excluding diaryl/α,β-unsaturated/α-hetero) is 1. The predicted molar refractivity (Wildman–Crippen MR) is 136 cm³/mol. The van der Waals surface area contributed by atoms with Gasteiger partial charge in [0.2, 0.25) is 5.78 Å². The van der Waals surface area contributed by atoms with Gasteiger partial charge < -0.3 is 19.7 Å². The standard InChI is InChI=1S/C30H42O6/c1-17-15-21-26(3,24(33)23(17)32)12-14-27(4)20-10-9-18-19(25(20,2)11-13-28(21,27)5)16-22(31)30(34,36-8)29(18,6)35-7/h9-10,16-17,21,24,33-34H,11-15H2,1-8H3/t17-,21-,24-,25+,26-,27-,28+,29-,30+/m1/s1. The maximum Gasteiger partial charge on any atom is 0.264 e. The number of fused-ring (bicyclic) bond motifs is 7. The fourth-order valence-electron chi connectivity index (χ4n) is 9.20. The number of hydrogen-bond acceptors (Lipinski definition) is 6. The summed E-state index contributed by atoms with van der Waals surface area (Å²) in [5.41, 5.74) is 0.535. The lowest BCUT2D eigenvalue weighted by Gasteiger charge is -2.70. The Labute approximate surface area is 214 Å². The van der Waals surface area contributed by atoms with Crippen LogP contribution in [-0.2, 0) is 19.1 Å². The lowest BCUT2D eigenvalue weighted by atomic mass is 9.34. The van der Waals surface area contributed by atoms with E-state index in [0.29, 0.717) is 0 Å². The minimum Gasteiger partial charge on any atom is -0.385 e. The van der Waals surface area contributed by atoms with Gasteiger partial charge in [0.1, 0.15) is 6.10 Å². The van der Waals surface area contributed by atoms with Gasteiger partial charge in [-0.25, -0.2) is 0 Å². The average molecular weight is 499 g/mol. The molecule has 6 heteroatoms. The van der Waals surface area contributed by atoms with Gasteiger partial charge in [0, 0.05) is 31.0 Å². The van der Waals surface area contributed by atoms with Crippen LogP contribution in [0.25, 0.3) is 0 Å². The van der Waals surface area contributed by atoms with Crippen molar-refractivity contribution in [2.75, 3.05) is 14.2 Å². The van der Waals surface area contributed by atoms with Gasteiger partial charge in [-0.15, -0.1) is 0 Å². The molecule has 0 unspecified atom stereocenters. The van der Waals surface area contributed by atoms with Crippen molar-refractivity contribution in [1.82, 2.24) is 0 Å². The monoisotopic (exact) mass is 498 g/mol. The SMILES string of the molecule is CO[C@@]1(O)C(=O)C=C2C(=CC=C3[C@@]2(C)CC[C@@]2(C)[C@@H]4C[C@@H](C)C(=O)[C@@H](O)[C@]4(C)CC[C@]32C)[C@@]1(C)OC. The number of methoxy groups -OCH3 is 2. The van der Waals surface area contributed by atoms with Gasteiger partial charge in [-0.1, -0.05) is 52.3 Å². The highest BCUT2D eigenvalue weighted by molar-refractivity contribution is 6.01. The molecule has 0 aromatic carbocycles. The fraction of sp³-hybridized carbons (Fsp3) is 0.733. The first-order valence-corrected chi connectivity index (χ1v) is 13.4. The number of aliphatic hydroxyl groups is 2. The molecule has 3 fully saturated rings. The molecule has 0 aromatic rings. The zero-order chi connectivity index (χ0) is 26.7. The Balaban J connectivity index is 1.67. The molecule has 9 atom stereocenters. The van der Waals surface area contributed by atoms with Crippen molar-refractivity contribution < 1.29 is 29.3 Å². The summed E-state index contributed by atoms with van der Waals surface area (Å²) in [6.45, 7) is 12.7. The van der Waals surface area contributed by atoms with Crippen molar-refractivity contribution in [2.24, 2.45) is 33.5 Å². The molecule has 2 N–H and O–H groups in total. The first-order valence-electron chi connectivity index (χ1n) is 13.4.